The molecule has 0 aliphatic rings. The van der Waals surface area contributed by atoms with Crippen molar-refractivity contribution < 1.29 is 0 Å². The summed E-state index contributed by atoms with van der Waals surface area (Å²) in [6.07, 6.45) is 3.57. The van der Waals surface area contributed by atoms with E-state index in [9.17, 15) is 0 Å². The van der Waals surface area contributed by atoms with Gasteiger partial charge in [-0.25, -0.2) is 14.6 Å². The standard InChI is InChI=1S/C11H6Cl2N4/c12-10-8-6-7(17-5-1-4-14-17)2-3-9(8)15-11(13)16-10/h1-6H. The smallest absolute Gasteiger partial charge is 0.224 e. The lowest BCUT2D eigenvalue weighted by Gasteiger charge is -2.04. The number of fused-ring (bicyclic) bond motifs is 1. The van der Waals surface area contributed by atoms with Gasteiger partial charge < -0.3 is 0 Å². The van der Waals surface area contributed by atoms with Crippen LogP contribution < -0.4 is 0 Å². The van der Waals surface area contributed by atoms with E-state index in [1.807, 2.05) is 30.5 Å². The minimum atomic E-state index is 0.148. The van der Waals surface area contributed by atoms with E-state index in [4.69, 9.17) is 23.2 Å². The van der Waals surface area contributed by atoms with Crippen LogP contribution >= 0.6 is 23.2 Å². The van der Waals surface area contributed by atoms with Gasteiger partial charge in [0.2, 0.25) is 5.28 Å². The molecular weight excluding hydrogens is 259 g/mol. The molecule has 4 nitrogen and oxygen atoms in total. The number of benzene rings is 1. The average molecular weight is 265 g/mol. The second kappa shape index (κ2) is 3.98. The summed E-state index contributed by atoms with van der Waals surface area (Å²) in [5.74, 6) is 0. The minimum Gasteiger partial charge on any atom is -0.241 e. The second-order valence-corrected chi connectivity index (χ2v) is 4.13. The molecule has 0 spiro atoms. The van der Waals surface area contributed by atoms with Crippen LogP contribution in [0.4, 0.5) is 0 Å². The van der Waals surface area contributed by atoms with E-state index in [2.05, 4.69) is 15.1 Å². The highest BCUT2D eigenvalue weighted by atomic mass is 35.5. The summed E-state index contributed by atoms with van der Waals surface area (Å²) < 4.78 is 1.74. The molecule has 0 N–H and O–H groups in total. The Balaban J connectivity index is 2.26. The molecule has 1 aromatic carbocycles. The predicted octanol–water partition coefficient (Wildman–Crippen LogP) is 3.12. The first kappa shape index (κ1) is 10.5. The maximum atomic E-state index is 6.03. The van der Waals surface area contributed by atoms with Crippen molar-refractivity contribution in [1.29, 1.82) is 0 Å². The Hall–Kier alpha value is -1.65. The molecule has 17 heavy (non-hydrogen) atoms. The van der Waals surface area contributed by atoms with Gasteiger partial charge in [0.25, 0.3) is 0 Å². The van der Waals surface area contributed by atoms with Crippen molar-refractivity contribution in [1.82, 2.24) is 19.7 Å². The van der Waals surface area contributed by atoms with Gasteiger partial charge in [-0.3, -0.25) is 0 Å². The van der Waals surface area contributed by atoms with Gasteiger partial charge in [-0.2, -0.15) is 5.10 Å². The van der Waals surface area contributed by atoms with E-state index in [1.54, 1.807) is 10.9 Å². The topological polar surface area (TPSA) is 43.6 Å². The number of aromatic nitrogens is 4. The first-order chi connectivity index (χ1) is 8.24. The van der Waals surface area contributed by atoms with Crippen molar-refractivity contribution in [2.45, 2.75) is 0 Å². The summed E-state index contributed by atoms with van der Waals surface area (Å²) in [5.41, 5.74) is 1.61. The van der Waals surface area contributed by atoms with E-state index >= 15 is 0 Å². The van der Waals surface area contributed by atoms with Crippen LogP contribution in [0.15, 0.2) is 36.7 Å². The van der Waals surface area contributed by atoms with E-state index in [1.165, 1.54) is 0 Å². The fourth-order valence-corrected chi connectivity index (χ4v) is 2.07. The van der Waals surface area contributed by atoms with Crippen LogP contribution in [0.5, 0.6) is 0 Å². The molecule has 0 aliphatic heterocycles. The molecule has 0 saturated heterocycles. The van der Waals surface area contributed by atoms with Crippen molar-refractivity contribution >= 4 is 34.1 Å². The third kappa shape index (κ3) is 1.85. The zero-order chi connectivity index (χ0) is 11.8. The fourth-order valence-electron chi connectivity index (χ4n) is 1.62. The van der Waals surface area contributed by atoms with Gasteiger partial charge in [0.05, 0.1) is 11.2 Å². The molecule has 2 aromatic heterocycles. The largest absolute Gasteiger partial charge is 0.241 e. The monoisotopic (exact) mass is 264 g/mol. The lowest BCUT2D eigenvalue weighted by molar-refractivity contribution is 0.882. The molecule has 0 atom stereocenters. The Morgan fingerprint density at radius 1 is 1.12 bits per heavy atom. The number of hydrogen-bond donors (Lipinski definition) is 0. The van der Waals surface area contributed by atoms with Crippen LogP contribution in [0.25, 0.3) is 16.6 Å². The van der Waals surface area contributed by atoms with Gasteiger partial charge in [0, 0.05) is 17.8 Å². The molecule has 0 radical (unpaired) electrons. The lowest BCUT2D eigenvalue weighted by atomic mass is 10.2. The lowest BCUT2D eigenvalue weighted by Crippen LogP contribution is -1.95. The highest BCUT2D eigenvalue weighted by molar-refractivity contribution is 6.35. The molecule has 0 bridgehead atoms. The van der Waals surface area contributed by atoms with Crippen LogP contribution in [0.1, 0.15) is 0 Å². The molecule has 0 amide bonds. The van der Waals surface area contributed by atoms with Crippen LogP contribution in [-0.4, -0.2) is 19.7 Å². The molecule has 3 rings (SSSR count). The molecule has 3 aromatic rings. The van der Waals surface area contributed by atoms with Gasteiger partial charge >= 0.3 is 0 Å². The number of hydrogen-bond acceptors (Lipinski definition) is 3. The molecule has 84 valence electrons. The maximum absolute atomic E-state index is 6.03. The molecule has 6 heteroatoms. The molecular formula is C11H6Cl2N4. The van der Waals surface area contributed by atoms with E-state index in [0.717, 1.165) is 11.1 Å². The Morgan fingerprint density at radius 2 is 2.00 bits per heavy atom. The maximum Gasteiger partial charge on any atom is 0.224 e. The molecule has 0 unspecified atom stereocenters. The van der Waals surface area contributed by atoms with Gasteiger partial charge in [0.15, 0.2) is 0 Å². The molecule has 0 saturated carbocycles. The summed E-state index contributed by atoms with van der Waals surface area (Å²) in [5, 5.41) is 5.39. The predicted molar refractivity (Wildman–Crippen MR) is 66.7 cm³/mol. The van der Waals surface area contributed by atoms with Crippen molar-refractivity contribution in [2.75, 3.05) is 0 Å². The number of rotatable bonds is 1. The summed E-state index contributed by atoms with van der Waals surface area (Å²) in [7, 11) is 0. The van der Waals surface area contributed by atoms with E-state index in [-0.39, 0.29) is 5.28 Å². The SMILES string of the molecule is Clc1nc(Cl)c2cc(-n3cccn3)ccc2n1. The number of nitrogens with zero attached hydrogens (tertiary/aromatic N) is 4. The van der Waals surface area contributed by atoms with Gasteiger partial charge in [-0.1, -0.05) is 11.6 Å². The Morgan fingerprint density at radius 3 is 2.76 bits per heavy atom. The third-order valence-corrected chi connectivity index (χ3v) is 2.83. The summed E-state index contributed by atoms with van der Waals surface area (Å²) >= 11 is 11.8. The molecule has 0 aliphatic carbocycles. The molecule has 2 heterocycles. The van der Waals surface area contributed by atoms with Crippen molar-refractivity contribution in [3.05, 3.63) is 47.1 Å². The zero-order valence-corrected chi connectivity index (χ0v) is 10.0. The molecule has 0 fully saturated rings. The van der Waals surface area contributed by atoms with Crippen LogP contribution in [-0.2, 0) is 0 Å². The van der Waals surface area contributed by atoms with Gasteiger partial charge in [0.1, 0.15) is 5.15 Å². The Bertz CT molecular complexity index is 679. The van der Waals surface area contributed by atoms with Crippen LogP contribution in [0, 0.1) is 0 Å². The van der Waals surface area contributed by atoms with Gasteiger partial charge in [-0.05, 0) is 35.9 Å². The van der Waals surface area contributed by atoms with Crippen LogP contribution in [0.2, 0.25) is 10.4 Å². The quantitative estimate of drug-likeness (QED) is 0.501. The highest BCUT2D eigenvalue weighted by Crippen LogP contribution is 2.24. The summed E-state index contributed by atoms with van der Waals surface area (Å²) in [4.78, 5) is 8.01. The summed E-state index contributed by atoms with van der Waals surface area (Å²) in [6.45, 7) is 0. The zero-order valence-electron chi connectivity index (χ0n) is 8.51. The Kier molecular flexibility index (Phi) is 2.46. The van der Waals surface area contributed by atoms with Crippen molar-refractivity contribution in [3.8, 4) is 5.69 Å². The second-order valence-electron chi connectivity index (χ2n) is 3.44. The third-order valence-electron chi connectivity index (χ3n) is 2.37. The first-order valence-electron chi connectivity index (χ1n) is 4.87. The normalized spacial score (nSPS) is 10.9. The first-order valence-corrected chi connectivity index (χ1v) is 5.62. The van der Waals surface area contributed by atoms with E-state index < -0.39 is 0 Å². The van der Waals surface area contributed by atoms with Crippen molar-refractivity contribution in [2.24, 2.45) is 0 Å². The highest BCUT2D eigenvalue weighted by Gasteiger charge is 2.06. The van der Waals surface area contributed by atoms with Gasteiger partial charge in [-0.15, -0.1) is 0 Å². The Labute approximate surface area is 107 Å². The average Bonchev–Trinajstić information content (AvgIpc) is 2.82. The van der Waals surface area contributed by atoms with Crippen LogP contribution in [0.3, 0.4) is 0 Å². The number of halogens is 2. The van der Waals surface area contributed by atoms with Crippen molar-refractivity contribution in [3.63, 3.8) is 0 Å². The fraction of sp³-hybridized carbons (Fsp3) is 0. The van der Waals surface area contributed by atoms with E-state index in [0.29, 0.717) is 10.7 Å². The minimum absolute atomic E-state index is 0.148. The summed E-state index contributed by atoms with van der Waals surface area (Å²) in [6, 6.07) is 7.46.